The van der Waals surface area contributed by atoms with E-state index >= 15 is 0 Å². The van der Waals surface area contributed by atoms with Gasteiger partial charge in [-0.1, -0.05) is 13.8 Å². The van der Waals surface area contributed by atoms with Crippen LogP contribution in [0, 0.1) is 11.2 Å². The lowest BCUT2D eigenvalue weighted by Gasteiger charge is -2.31. The van der Waals surface area contributed by atoms with Crippen LogP contribution >= 0.6 is 0 Å². The molecule has 258 valence electrons. The Balaban J connectivity index is 1.46. The van der Waals surface area contributed by atoms with E-state index in [1.165, 1.54) is 0 Å². The zero-order valence-electron chi connectivity index (χ0n) is 27.7. The number of rotatable bonds is 11. The Morgan fingerprint density at radius 2 is 1.81 bits per heavy atom. The number of alkyl halides is 3. The molecule has 0 radical (unpaired) electrons. The van der Waals surface area contributed by atoms with Crippen LogP contribution in [0.1, 0.15) is 32.8 Å². The summed E-state index contributed by atoms with van der Waals surface area (Å²) in [5.41, 5.74) is 0.536. The maximum Gasteiger partial charge on any atom is 0.416 e. The van der Waals surface area contributed by atoms with Gasteiger partial charge in [0.2, 0.25) is 0 Å². The molecule has 48 heavy (non-hydrogen) atoms. The number of carbonyl (C=O) groups is 1. The average molecular weight is 673 g/mol. The molecule has 0 spiro atoms. The first-order valence-electron chi connectivity index (χ1n) is 15.7. The van der Waals surface area contributed by atoms with Crippen molar-refractivity contribution < 1.29 is 31.8 Å². The number of ether oxygens (including phenoxy) is 2. The van der Waals surface area contributed by atoms with E-state index in [9.17, 15) is 22.4 Å². The number of carbonyl (C=O) groups excluding carboxylic acids is 1. The minimum Gasteiger partial charge on any atom is -0.465 e. The van der Waals surface area contributed by atoms with Crippen molar-refractivity contribution in [1.29, 1.82) is 0 Å². The highest BCUT2D eigenvalue weighted by atomic mass is 19.4. The molecular formula is C33H40F4N8O3. The summed E-state index contributed by atoms with van der Waals surface area (Å²) in [5.74, 6) is -0.212. The fourth-order valence-electron chi connectivity index (χ4n) is 5.96. The van der Waals surface area contributed by atoms with Gasteiger partial charge in [0.1, 0.15) is 22.8 Å². The van der Waals surface area contributed by atoms with Crippen LogP contribution in [-0.4, -0.2) is 102 Å². The van der Waals surface area contributed by atoms with Gasteiger partial charge in [-0.2, -0.15) is 13.2 Å². The number of fused-ring (bicyclic) bond motifs is 1. The lowest BCUT2D eigenvalue weighted by atomic mass is 9.94. The Labute approximate surface area is 276 Å². The Morgan fingerprint density at radius 1 is 1.02 bits per heavy atom. The predicted molar refractivity (Wildman–Crippen MR) is 174 cm³/mol. The topological polar surface area (TPSA) is 113 Å². The van der Waals surface area contributed by atoms with Crippen molar-refractivity contribution >= 4 is 28.6 Å². The number of halogens is 4. The molecule has 0 bridgehead atoms. The van der Waals surface area contributed by atoms with Crippen LogP contribution in [0.3, 0.4) is 0 Å². The van der Waals surface area contributed by atoms with Crippen LogP contribution in [0.2, 0.25) is 0 Å². The van der Waals surface area contributed by atoms with Crippen LogP contribution in [-0.2, 0) is 20.4 Å². The zero-order valence-corrected chi connectivity index (χ0v) is 27.7. The van der Waals surface area contributed by atoms with Crippen molar-refractivity contribution in [3.63, 3.8) is 0 Å². The van der Waals surface area contributed by atoms with Crippen molar-refractivity contribution in [3.8, 4) is 22.8 Å². The van der Waals surface area contributed by atoms with E-state index in [0.717, 1.165) is 31.6 Å². The van der Waals surface area contributed by atoms with Crippen molar-refractivity contribution in [2.24, 2.45) is 5.41 Å². The molecule has 1 aromatic carbocycles. The maximum atomic E-state index is 14.4. The van der Waals surface area contributed by atoms with Gasteiger partial charge < -0.3 is 24.3 Å². The molecule has 1 aliphatic rings. The molecule has 0 amide bonds. The van der Waals surface area contributed by atoms with Crippen LogP contribution in [0.5, 0.6) is 0 Å². The summed E-state index contributed by atoms with van der Waals surface area (Å²) < 4.78 is 65.6. The normalized spacial score (nSPS) is 14.7. The highest BCUT2D eigenvalue weighted by Gasteiger charge is 2.32. The number of methoxy groups -OCH3 is 1. The van der Waals surface area contributed by atoms with E-state index in [1.807, 2.05) is 25.8 Å². The number of nitrogens with zero attached hydrogens (tertiary/aromatic N) is 7. The van der Waals surface area contributed by atoms with Crippen LogP contribution in [0.25, 0.3) is 33.9 Å². The average Bonchev–Trinajstić information content (AvgIpc) is 3.32. The Bertz CT molecular complexity index is 1730. The molecule has 1 fully saturated rings. The van der Waals surface area contributed by atoms with Crippen molar-refractivity contribution in [1.82, 2.24) is 29.8 Å². The summed E-state index contributed by atoms with van der Waals surface area (Å²) in [4.78, 5) is 39.8. The molecule has 1 N–H and O–H groups in total. The highest BCUT2D eigenvalue weighted by Crippen LogP contribution is 2.36. The number of imidazole rings is 1. The van der Waals surface area contributed by atoms with Crippen LogP contribution in [0.4, 0.5) is 29.1 Å². The van der Waals surface area contributed by atoms with E-state index in [4.69, 9.17) is 9.47 Å². The molecule has 1 aliphatic heterocycles. The van der Waals surface area contributed by atoms with Gasteiger partial charge in [-0.3, -0.25) is 9.69 Å². The van der Waals surface area contributed by atoms with Crippen molar-refractivity contribution in [2.45, 2.75) is 33.4 Å². The molecule has 4 aromatic rings. The molecule has 1 saturated heterocycles. The van der Waals surface area contributed by atoms with E-state index in [0.29, 0.717) is 67.5 Å². The largest absolute Gasteiger partial charge is 0.465 e. The Kier molecular flexibility index (Phi) is 10.5. The summed E-state index contributed by atoms with van der Waals surface area (Å²) in [7, 11) is 3.47. The summed E-state index contributed by atoms with van der Waals surface area (Å²) >= 11 is 0. The maximum absolute atomic E-state index is 14.4. The molecule has 15 heteroatoms. The number of anilines is 2. The number of aromatic amines is 1. The van der Waals surface area contributed by atoms with Gasteiger partial charge >= 0.3 is 12.1 Å². The molecule has 11 nitrogen and oxygen atoms in total. The van der Waals surface area contributed by atoms with Gasteiger partial charge in [-0.05, 0) is 37.6 Å². The Hall–Kier alpha value is -4.37. The van der Waals surface area contributed by atoms with Gasteiger partial charge in [0.15, 0.2) is 11.5 Å². The number of pyridine rings is 1. The zero-order chi connectivity index (χ0) is 34.6. The molecule has 0 aliphatic carbocycles. The van der Waals surface area contributed by atoms with Gasteiger partial charge in [0.05, 0.1) is 49.1 Å². The number of hydrogen-bond acceptors (Lipinski definition) is 10. The first kappa shape index (κ1) is 35.0. The summed E-state index contributed by atoms with van der Waals surface area (Å²) in [6.07, 6.45) is -0.630. The predicted octanol–water partition coefficient (Wildman–Crippen LogP) is 5.42. The second kappa shape index (κ2) is 14.4. The fourth-order valence-corrected chi connectivity index (χ4v) is 5.96. The van der Waals surface area contributed by atoms with Gasteiger partial charge in [-0.25, -0.2) is 24.3 Å². The molecule has 0 atom stereocenters. The third kappa shape index (κ3) is 8.37. The summed E-state index contributed by atoms with van der Waals surface area (Å²) in [6, 6.07) is 4.00. The summed E-state index contributed by atoms with van der Waals surface area (Å²) in [6.45, 7) is 10.3. The quantitative estimate of drug-likeness (QED) is 0.164. The first-order chi connectivity index (χ1) is 22.8. The number of nitrogens with one attached hydrogen (secondary N) is 1. The number of esters is 1. The van der Waals surface area contributed by atoms with Crippen LogP contribution in [0.15, 0.2) is 36.7 Å². The van der Waals surface area contributed by atoms with E-state index in [-0.39, 0.29) is 34.8 Å². The van der Waals surface area contributed by atoms with E-state index in [1.54, 1.807) is 32.5 Å². The number of hydrogen-bond donors (Lipinski definition) is 1. The monoisotopic (exact) mass is 672 g/mol. The molecule has 0 unspecified atom stereocenters. The third-order valence-corrected chi connectivity index (χ3v) is 8.02. The first-order valence-corrected chi connectivity index (χ1v) is 15.7. The fraction of sp³-hybridized carbons (Fsp3) is 0.485. The molecule has 3 aromatic heterocycles. The summed E-state index contributed by atoms with van der Waals surface area (Å²) in [5, 5.41) is 0. The Morgan fingerprint density at radius 3 is 2.50 bits per heavy atom. The minimum absolute atomic E-state index is 0.0259. The van der Waals surface area contributed by atoms with Gasteiger partial charge in [0, 0.05) is 57.9 Å². The van der Waals surface area contributed by atoms with Crippen molar-refractivity contribution in [3.05, 3.63) is 48.0 Å². The smallest absolute Gasteiger partial charge is 0.416 e. The lowest BCUT2D eigenvalue weighted by Crippen LogP contribution is -2.35. The molecular weight excluding hydrogens is 632 g/mol. The minimum atomic E-state index is -4.73. The second-order valence-corrected chi connectivity index (χ2v) is 12.7. The SMILES string of the molecule is CCOC(=O)CN1CCCN(c2cnc(-c3nc4nc(-c5cc(F)cc(C(F)(F)F)c5)cc(N(C)CC(C)(C)COC)c4[nH]3)cn2)CC1. The molecule has 5 rings (SSSR count). The third-order valence-electron chi connectivity index (χ3n) is 8.02. The van der Waals surface area contributed by atoms with Crippen LogP contribution < -0.4 is 9.80 Å². The molecule has 4 heterocycles. The molecule has 0 saturated carbocycles. The van der Waals surface area contributed by atoms with Crippen molar-refractivity contribution in [2.75, 3.05) is 76.4 Å². The van der Waals surface area contributed by atoms with Gasteiger partial charge in [-0.15, -0.1) is 0 Å². The number of benzene rings is 1. The standard InChI is InChI=1S/C33H40F4N8O3/c1-6-48-28(46)18-44-8-7-9-45(11-10-44)27-17-38-25(16-39-27)30-41-29-26(43(4)19-32(2,3)20-47-5)15-24(40-31(29)42-30)21-12-22(33(35,36)37)14-23(34)13-21/h12-17H,6-11,18-20H2,1-5H3,(H,40,41,42). The number of aromatic nitrogens is 5. The highest BCUT2D eigenvalue weighted by molar-refractivity contribution is 5.91. The van der Waals surface area contributed by atoms with E-state index in [2.05, 4.69) is 34.7 Å². The van der Waals surface area contributed by atoms with Gasteiger partial charge in [0.25, 0.3) is 0 Å². The second-order valence-electron chi connectivity index (χ2n) is 12.7. The lowest BCUT2D eigenvalue weighted by molar-refractivity contribution is -0.144. The number of H-pyrrole nitrogens is 1. The van der Waals surface area contributed by atoms with E-state index < -0.39 is 17.6 Å².